The fourth-order valence-electron chi connectivity index (χ4n) is 12.2. The van der Waals surface area contributed by atoms with E-state index in [9.17, 15) is 112 Å². The first kappa shape index (κ1) is 109. The van der Waals surface area contributed by atoms with Crippen molar-refractivity contribution in [1.29, 1.82) is 0 Å². The molecule has 2 rings (SSSR count). The number of aromatic hydroxyl groups is 1. The van der Waals surface area contributed by atoms with Crippen molar-refractivity contribution in [3.8, 4) is 5.75 Å². The van der Waals surface area contributed by atoms with Gasteiger partial charge in [0.25, 0.3) is 0 Å². The minimum atomic E-state index is -1.84. The topological polar surface area (TPSA) is 752 Å². The Kier molecular flexibility index (Phi) is 49.4. The lowest BCUT2D eigenvalue weighted by Crippen LogP contribution is -2.60. The predicted octanol–water partition coefficient (Wildman–Crippen LogP) is -9.96. The Hall–Kier alpha value is -10.9. The lowest BCUT2D eigenvalue weighted by Gasteiger charge is -2.40. The number of phenolic OH excluding ortho intramolecular Hbond substituents is 1. The summed E-state index contributed by atoms with van der Waals surface area (Å²) in [4.78, 5) is 241. The molecule has 1 aliphatic heterocycles. The summed E-state index contributed by atoms with van der Waals surface area (Å²) in [5, 5.41) is 93.5. The van der Waals surface area contributed by atoms with Crippen LogP contribution < -0.4 is 119 Å². The summed E-state index contributed by atoms with van der Waals surface area (Å²) in [7, 11) is 0. The van der Waals surface area contributed by atoms with Gasteiger partial charge in [0, 0.05) is 13.3 Å². The van der Waals surface area contributed by atoms with Gasteiger partial charge in [0.1, 0.15) is 133 Å². The van der Waals surface area contributed by atoms with Gasteiger partial charge in [-0.3, -0.25) is 86.3 Å². The van der Waals surface area contributed by atoms with Gasteiger partial charge in [-0.2, -0.15) is 0 Å². The molecule has 124 heavy (non-hydrogen) atoms. The maximum absolute atomic E-state index is 14.3. The van der Waals surface area contributed by atoms with Crippen molar-refractivity contribution in [3.63, 3.8) is 0 Å². The second kappa shape index (κ2) is 56.1. The van der Waals surface area contributed by atoms with Crippen LogP contribution in [0.2, 0.25) is 0 Å². The molecule has 0 saturated carbocycles. The molecular weight excluding hydrogens is 1630 g/mol. The van der Waals surface area contributed by atoms with Gasteiger partial charge in [-0.1, -0.05) is 12.1 Å². The number of carbonyl (C=O) groups excluding carboxylic acids is 18. The van der Waals surface area contributed by atoms with Crippen LogP contribution in [0, 0.1) is 0 Å². The van der Waals surface area contributed by atoms with E-state index in [2.05, 4.69) is 90.4 Å². The molecule has 0 bridgehead atoms. The number of nitrogens with two attached hydrogens (primary N) is 5. The van der Waals surface area contributed by atoms with Crippen molar-refractivity contribution >= 4 is 106 Å². The third kappa shape index (κ3) is 38.9. The predicted molar refractivity (Wildman–Crippen MR) is 447 cm³/mol. The van der Waals surface area contributed by atoms with Gasteiger partial charge in [0.05, 0.1) is 12.7 Å². The highest BCUT2D eigenvalue weighted by Gasteiger charge is 2.44. The summed E-state index contributed by atoms with van der Waals surface area (Å²) in [5.41, 5.74) is 28.6. The number of aliphatic hydroxyl groups excluding tert-OH is 4. The molecule has 18 amide bonds. The van der Waals surface area contributed by atoms with Gasteiger partial charge in [-0.15, -0.1) is 0 Å². The molecule has 22 atom stereocenters. The molecule has 1 saturated heterocycles. The average molecular weight is 1760 g/mol. The zero-order valence-corrected chi connectivity index (χ0v) is 72.5. The Balaban J connectivity index is 2.19. The number of aliphatic hydroxyl groups is 4. The Morgan fingerprint density at radius 2 is 0.532 bits per heavy atom. The Labute approximate surface area is 720 Å². The molecule has 0 radical (unpaired) electrons. The normalized spacial score (nSPS) is 19.0. The molecule has 0 unspecified atom stereocenters. The summed E-state index contributed by atoms with van der Waals surface area (Å²) in [6.07, 6.45) is -5.56. The summed E-state index contributed by atoms with van der Waals surface area (Å²) in [6, 6.07) is -16.8. The number of benzene rings is 1. The summed E-state index contributed by atoms with van der Waals surface area (Å²) in [5.74, 6) is -15.4. The molecule has 32 N–H and O–H groups in total. The van der Waals surface area contributed by atoms with E-state index in [0.29, 0.717) is 50.6 Å². The number of nitrogens with one attached hydrogen (secondary N) is 17. The Morgan fingerprint density at radius 3 is 0.790 bits per heavy atom. The van der Waals surface area contributed by atoms with E-state index in [4.69, 9.17) is 33.4 Å². The number of carbonyl (C=O) groups is 18. The van der Waals surface area contributed by atoms with E-state index in [-0.39, 0.29) is 76.8 Å². The van der Waals surface area contributed by atoms with Gasteiger partial charge in [-0.05, 0) is 210 Å². The molecule has 1 aliphatic rings. The molecule has 0 spiro atoms. The van der Waals surface area contributed by atoms with Gasteiger partial charge in [0.15, 0.2) is 0 Å². The van der Waals surface area contributed by atoms with Crippen LogP contribution >= 0.6 is 0 Å². The minimum Gasteiger partial charge on any atom is -0.508 e. The van der Waals surface area contributed by atoms with Crippen LogP contribution in [0.3, 0.4) is 0 Å². The Bertz CT molecular complexity index is 3740. The maximum Gasteiger partial charge on any atom is 0.243 e. The summed E-state index contributed by atoms with van der Waals surface area (Å²) in [6.45, 7) is 15.4. The standard InChI is InChI=1S/C78H134N22O24/c1-37(63(108)84-39(3)65(110)88-44(8)70(115)96-51(62(83)107)21-13-17-31-79)86-67(112)41(5)91-75(120)53(23-15-19-33-81)98-73(118)47(11)94-77(122)55(29-30-57-59(104)61(106)60(105)58(36-101)124-57)99-72(117)46(10)90-69(114)43(7)92-74(119)52(22-14-18-32-80)97-71(116)45(9)89-66(111)40(4)85-64(109)38(2)87-68(113)42(6)93-76(121)54(24-16-20-34-82)100-78(123)56(95-48(12)102)35-49-25-27-50(103)28-26-49/h25-28,37-47,51-61,101,103-106H,13-24,29-36,79-82H2,1-12H3,(H2,83,107)(H,84,108)(H,85,109)(H,86,112)(H,87,113)(H,88,110)(H,89,111)(H,90,114)(H,91,120)(H,92,119)(H,93,121)(H,94,122)(H,95,102)(H,96,115)(H,97,116)(H,98,118)(H,99,117)(H,100,123)/t37-,38-,39-,40-,41-,42-,43-,44-,45-,46-,47-,51-,52-,53-,54-,55-,56-,57-,58+,59-,60-,61+/m0/s1. The molecule has 46 heteroatoms. The third-order valence-corrected chi connectivity index (χ3v) is 20.1. The number of hydrogen-bond donors (Lipinski definition) is 27. The largest absolute Gasteiger partial charge is 0.508 e. The smallest absolute Gasteiger partial charge is 0.243 e. The van der Waals surface area contributed by atoms with Crippen LogP contribution in [-0.4, -0.2) is 298 Å². The highest BCUT2D eigenvalue weighted by Crippen LogP contribution is 2.25. The van der Waals surface area contributed by atoms with Crippen LogP contribution in [0.1, 0.15) is 179 Å². The van der Waals surface area contributed by atoms with E-state index in [0.717, 1.165) is 0 Å². The zero-order chi connectivity index (χ0) is 93.9. The summed E-state index contributed by atoms with van der Waals surface area (Å²) >= 11 is 0. The summed E-state index contributed by atoms with van der Waals surface area (Å²) < 4.78 is 5.63. The van der Waals surface area contributed by atoms with Crippen molar-refractivity contribution < 1.29 is 117 Å². The van der Waals surface area contributed by atoms with Gasteiger partial charge < -0.3 is 149 Å². The van der Waals surface area contributed by atoms with Crippen molar-refractivity contribution in [3.05, 3.63) is 29.8 Å². The van der Waals surface area contributed by atoms with E-state index < -0.39 is 253 Å². The second-order valence-electron chi connectivity index (χ2n) is 30.9. The molecule has 1 aromatic rings. The third-order valence-electron chi connectivity index (χ3n) is 20.1. The molecular formula is C78H134N22O24. The molecule has 46 nitrogen and oxygen atoms in total. The molecule has 1 aromatic carbocycles. The van der Waals surface area contributed by atoms with Crippen molar-refractivity contribution in [2.45, 2.75) is 313 Å². The van der Waals surface area contributed by atoms with Crippen molar-refractivity contribution in [2.24, 2.45) is 28.7 Å². The number of phenols is 1. The van der Waals surface area contributed by atoms with Crippen LogP contribution in [0.25, 0.3) is 0 Å². The maximum atomic E-state index is 14.3. The molecule has 1 heterocycles. The fraction of sp³-hybridized carbons (Fsp3) is 0.692. The van der Waals surface area contributed by atoms with Gasteiger partial charge in [0.2, 0.25) is 106 Å². The van der Waals surface area contributed by atoms with E-state index in [1.54, 1.807) is 12.1 Å². The number of rotatable bonds is 56. The number of primary amides is 1. The highest BCUT2D eigenvalue weighted by molar-refractivity contribution is 6.01. The lowest BCUT2D eigenvalue weighted by molar-refractivity contribution is -0.230. The highest BCUT2D eigenvalue weighted by atomic mass is 16.5. The molecule has 0 aliphatic carbocycles. The number of hydrogen-bond acceptors (Lipinski definition) is 28. The SMILES string of the molecule is CC(=O)N[C@@H](Cc1ccc(O)cc1)C(=O)N[C@@H](CCCCN)C(=O)N[C@@H](C)C(=O)N[C@@H](C)C(=O)N[C@@H](C)C(=O)N[C@@H](C)C(=O)N[C@@H](CCCCN)C(=O)N[C@@H](C)C(=O)N[C@@H](C)C(=O)N[C@@H](CC[C@@H]1O[C@H](CO)[C@H](O)[C@H](O)[C@H]1O)C(=O)N[C@@H](C)C(=O)N[C@@H](CCCCN)C(=O)N[C@@H](C)C(=O)N[C@@H](C)C(=O)N[C@@H](C)C(=O)N[C@@H](C)C(=O)N[C@@H](CCCCN)C(N)=O. The fourth-order valence-corrected chi connectivity index (χ4v) is 12.2. The average Bonchev–Trinajstić information content (AvgIpc) is 0.813. The molecule has 700 valence electrons. The first-order valence-corrected chi connectivity index (χ1v) is 41.6. The van der Waals surface area contributed by atoms with E-state index in [1.165, 1.54) is 95.2 Å². The van der Waals surface area contributed by atoms with Crippen molar-refractivity contribution in [1.82, 2.24) is 90.4 Å². The quantitative estimate of drug-likeness (QED) is 0.0269. The number of ether oxygens (including phenoxy) is 1. The minimum absolute atomic E-state index is 0.00296. The van der Waals surface area contributed by atoms with Gasteiger partial charge >= 0.3 is 0 Å². The monoisotopic (exact) mass is 1760 g/mol. The van der Waals surface area contributed by atoms with Crippen molar-refractivity contribution in [2.75, 3.05) is 32.8 Å². The zero-order valence-electron chi connectivity index (χ0n) is 72.5. The molecule has 0 aromatic heterocycles. The first-order chi connectivity index (χ1) is 58.2. The number of unbranched alkanes of at least 4 members (excludes halogenated alkanes) is 4. The lowest BCUT2D eigenvalue weighted by atomic mass is 9.91. The van der Waals surface area contributed by atoms with Crippen LogP contribution in [0.15, 0.2) is 24.3 Å². The second-order valence-corrected chi connectivity index (χ2v) is 30.9. The number of amides is 18. The van der Waals surface area contributed by atoms with Crippen LogP contribution in [-0.2, 0) is 97.5 Å². The Morgan fingerprint density at radius 1 is 0.306 bits per heavy atom. The molecule has 1 fully saturated rings. The van der Waals surface area contributed by atoms with E-state index >= 15 is 0 Å². The van der Waals surface area contributed by atoms with Crippen LogP contribution in [0.4, 0.5) is 0 Å². The first-order valence-electron chi connectivity index (χ1n) is 41.6. The van der Waals surface area contributed by atoms with E-state index in [1.807, 2.05) is 0 Å². The van der Waals surface area contributed by atoms with Gasteiger partial charge in [-0.25, -0.2) is 0 Å². The van der Waals surface area contributed by atoms with Crippen LogP contribution in [0.5, 0.6) is 5.75 Å².